The van der Waals surface area contributed by atoms with Gasteiger partial charge in [-0.05, 0) is 71.5 Å². The summed E-state index contributed by atoms with van der Waals surface area (Å²) in [6.07, 6.45) is 3.18. The molecule has 0 spiro atoms. The van der Waals surface area contributed by atoms with Crippen molar-refractivity contribution in [2.24, 2.45) is 0 Å². The van der Waals surface area contributed by atoms with Crippen LogP contribution in [0.2, 0.25) is 0 Å². The quantitative estimate of drug-likeness (QED) is 0.627. The van der Waals surface area contributed by atoms with Gasteiger partial charge >= 0.3 is 0 Å². The molecule has 0 bridgehead atoms. The molecule has 3 rings (SSSR count). The second-order valence-electron chi connectivity index (χ2n) is 5.18. The van der Waals surface area contributed by atoms with Crippen LogP contribution in [-0.4, -0.2) is 27.3 Å². The van der Waals surface area contributed by atoms with Crippen molar-refractivity contribution < 1.29 is 9.53 Å². The Hall–Kier alpha value is -2.42. The van der Waals surface area contributed by atoms with E-state index >= 15 is 0 Å². The molecule has 122 valence electrons. The lowest BCUT2D eigenvalue weighted by Crippen LogP contribution is -2.20. The van der Waals surface area contributed by atoms with Crippen LogP contribution in [0.4, 0.5) is 5.69 Å². The molecule has 0 aliphatic heterocycles. The third-order valence-corrected chi connectivity index (χ3v) is 4.02. The summed E-state index contributed by atoms with van der Waals surface area (Å²) in [6.45, 7) is 1.91. The lowest BCUT2D eigenvalue weighted by Gasteiger charge is -2.12. The molecule has 0 unspecified atom stereocenters. The molecule has 1 aromatic heterocycles. The topological polar surface area (TPSA) is 69.0 Å². The second-order valence-corrected chi connectivity index (χ2v) is 6.43. The number of aryl methyl sites for hydroxylation is 1. The molecule has 6 nitrogen and oxygen atoms in total. The van der Waals surface area contributed by atoms with Crippen molar-refractivity contribution in [2.45, 2.75) is 6.92 Å². The molecule has 1 heterocycles. The van der Waals surface area contributed by atoms with E-state index in [-0.39, 0.29) is 12.5 Å². The minimum Gasteiger partial charge on any atom is -0.482 e. The van der Waals surface area contributed by atoms with Crippen LogP contribution in [0.25, 0.3) is 5.69 Å². The Morgan fingerprint density at radius 3 is 2.58 bits per heavy atom. The fraction of sp³-hybridized carbons (Fsp3) is 0.118. The summed E-state index contributed by atoms with van der Waals surface area (Å²) >= 11 is 2.22. The lowest BCUT2D eigenvalue weighted by molar-refractivity contribution is -0.118. The summed E-state index contributed by atoms with van der Waals surface area (Å²) < 4.78 is 8.54. The summed E-state index contributed by atoms with van der Waals surface area (Å²) in [6, 6.07) is 13.3. The number of hydrogen-bond acceptors (Lipinski definition) is 4. The van der Waals surface area contributed by atoms with E-state index in [4.69, 9.17) is 4.74 Å². The van der Waals surface area contributed by atoms with E-state index in [0.717, 1.165) is 20.5 Å². The smallest absolute Gasteiger partial charge is 0.262 e. The number of anilines is 1. The molecule has 1 amide bonds. The highest BCUT2D eigenvalue weighted by Gasteiger charge is 2.09. The Morgan fingerprint density at radius 2 is 1.88 bits per heavy atom. The maximum atomic E-state index is 12.1. The average molecular weight is 434 g/mol. The minimum absolute atomic E-state index is 0.0792. The molecular weight excluding hydrogens is 419 g/mol. The number of nitrogens with one attached hydrogen (secondary N) is 1. The van der Waals surface area contributed by atoms with Crippen LogP contribution in [0.5, 0.6) is 5.75 Å². The lowest BCUT2D eigenvalue weighted by atomic mass is 10.2. The zero-order chi connectivity index (χ0) is 16.9. The van der Waals surface area contributed by atoms with E-state index < -0.39 is 0 Å². The molecule has 3 aromatic rings. The van der Waals surface area contributed by atoms with Crippen molar-refractivity contribution in [1.82, 2.24) is 14.8 Å². The number of halogens is 1. The number of amides is 1. The van der Waals surface area contributed by atoms with Crippen LogP contribution in [0.3, 0.4) is 0 Å². The molecule has 0 aliphatic carbocycles. The molecule has 2 aromatic carbocycles. The molecule has 0 fully saturated rings. The first kappa shape index (κ1) is 16.4. The van der Waals surface area contributed by atoms with Crippen LogP contribution in [0.1, 0.15) is 5.56 Å². The predicted octanol–water partition coefficient (Wildman–Crippen LogP) is 3.20. The number of aromatic nitrogens is 3. The molecule has 7 heteroatoms. The number of benzene rings is 2. The SMILES string of the molecule is Cc1ccc(OCC(=O)Nc2ccc(I)cc2)c(-n2cnnc2)c1. The van der Waals surface area contributed by atoms with Crippen molar-refractivity contribution >= 4 is 34.2 Å². The van der Waals surface area contributed by atoms with E-state index in [9.17, 15) is 4.79 Å². The summed E-state index contributed by atoms with van der Waals surface area (Å²) in [7, 11) is 0. The molecule has 1 N–H and O–H groups in total. The number of ether oxygens (including phenoxy) is 1. The standard InChI is InChI=1S/C17H15IN4O2/c1-12-2-7-16(15(8-12)22-10-19-20-11-22)24-9-17(23)21-14-5-3-13(18)4-6-14/h2-8,10-11H,9H2,1H3,(H,21,23). The fourth-order valence-corrected chi connectivity index (χ4v) is 2.51. The molecule has 0 saturated carbocycles. The largest absolute Gasteiger partial charge is 0.482 e. The van der Waals surface area contributed by atoms with Crippen LogP contribution in [0, 0.1) is 10.5 Å². The summed E-state index contributed by atoms with van der Waals surface area (Å²) in [4.78, 5) is 12.1. The van der Waals surface area contributed by atoms with Crippen molar-refractivity contribution in [3.8, 4) is 11.4 Å². The van der Waals surface area contributed by atoms with Crippen LogP contribution in [0.15, 0.2) is 55.1 Å². The van der Waals surface area contributed by atoms with Gasteiger partial charge in [-0.15, -0.1) is 10.2 Å². The number of nitrogens with zero attached hydrogens (tertiary/aromatic N) is 3. The number of hydrogen-bond donors (Lipinski definition) is 1. The Kier molecular flexibility index (Phi) is 5.09. The summed E-state index contributed by atoms with van der Waals surface area (Å²) in [5.41, 5.74) is 2.61. The van der Waals surface area contributed by atoms with E-state index in [1.54, 1.807) is 17.2 Å². The Balaban J connectivity index is 1.68. The Labute approximate surface area is 153 Å². The third kappa shape index (κ3) is 4.10. The maximum absolute atomic E-state index is 12.1. The first-order chi connectivity index (χ1) is 11.6. The zero-order valence-electron chi connectivity index (χ0n) is 12.9. The molecule has 0 radical (unpaired) electrons. The van der Waals surface area contributed by atoms with E-state index in [1.807, 2.05) is 49.4 Å². The van der Waals surface area contributed by atoms with Gasteiger partial charge in [0.25, 0.3) is 5.91 Å². The van der Waals surface area contributed by atoms with E-state index in [1.165, 1.54) is 0 Å². The van der Waals surface area contributed by atoms with Crippen LogP contribution < -0.4 is 10.1 Å². The van der Waals surface area contributed by atoms with Gasteiger partial charge in [0, 0.05) is 9.26 Å². The van der Waals surface area contributed by atoms with Crippen molar-refractivity contribution in [3.63, 3.8) is 0 Å². The van der Waals surface area contributed by atoms with Gasteiger partial charge in [-0.2, -0.15) is 0 Å². The average Bonchev–Trinajstić information content (AvgIpc) is 3.10. The zero-order valence-corrected chi connectivity index (χ0v) is 15.1. The highest BCUT2D eigenvalue weighted by atomic mass is 127. The van der Waals surface area contributed by atoms with Crippen molar-refractivity contribution in [3.05, 3.63) is 64.3 Å². The maximum Gasteiger partial charge on any atom is 0.262 e. The Morgan fingerprint density at radius 1 is 1.17 bits per heavy atom. The normalized spacial score (nSPS) is 10.4. The van der Waals surface area contributed by atoms with Crippen LogP contribution >= 0.6 is 22.6 Å². The number of carbonyl (C=O) groups is 1. The second kappa shape index (κ2) is 7.43. The predicted molar refractivity (Wildman–Crippen MR) is 99.4 cm³/mol. The fourth-order valence-electron chi connectivity index (χ4n) is 2.15. The van der Waals surface area contributed by atoms with E-state index in [2.05, 4.69) is 38.1 Å². The van der Waals surface area contributed by atoms with Gasteiger partial charge < -0.3 is 10.1 Å². The molecule has 24 heavy (non-hydrogen) atoms. The van der Waals surface area contributed by atoms with Crippen molar-refractivity contribution in [1.29, 1.82) is 0 Å². The van der Waals surface area contributed by atoms with Gasteiger partial charge in [-0.25, -0.2) is 0 Å². The molecule has 0 saturated heterocycles. The summed E-state index contributed by atoms with van der Waals surface area (Å²) in [5.74, 6) is 0.379. The third-order valence-electron chi connectivity index (χ3n) is 3.30. The van der Waals surface area contributed by atoms with Gasteiger partial charge in [0.15, 0.2) is 6.61 Å². The monoisotopic (exact) mass is 434 g/mol. The first-order valence-corrected chi connectivity index (χ1v) is 8.33. The summed E-state index contributed by atoms with van der Waals surface area (Å²) in [5, 5.41) is 10.4. The molecule has 0 atom stereocenters. The van der Waals surface area contributed by atoms with E-state index in [0.29, 0.717) is 5.75 Å². The number of rotatable bonds is 5. The number of carbonyl (C=O) groups excluding carboxylic acids is 1. The minimum atomic E-state index is -0.216. The Bertz CT molecular complexity index is 832. The van der Waals surface area contributed by atoms with Gasteiger partial charge in [-0.3, -0.25) is 9.36 Å². The first-order valence-electron chi connectivity index (χ1n) is 7.26. The van der Waals surface area contributed by atoms with Crippen LogP contribution in [-0.2, 0) is 4.79 Å². The van der Waals surface area contributed by atoms with Crippen molar-refractivity contribution in [2.75, 3.05) is 11.9 Å². The highest BCUT2D eigenvalue weighted by Crippen LogP contribution is 2.24. The van der Waals surface area contributed by atoms with Gasteiger partial charge in [0.05, 0.1) is 5.69 Å². The molecule has 0 aliphatic rings. The van der Waals surface area contributed by atoms with Gasteiger partial charge in [0.2, 0.25) is 0 Å². The van der Waals surface area contributed by atoms with Gasteiger partial charge in [-0.1, -0.05) is 6.07 Å². The molecular formula is C17H15IN4O2. The van der Waals surface area contributed by atoms with Gasteiger partial charge in [0.1, 0.15) is 18.4 Å². The highest BCUT2D eigenvalue weighted by molar-refractivity contribution is 14.1.